The van der Waals surface area contributed by atoms with Crippen molar-refractivity contribution in [3.05, 3.63) is 53.5 Å². The van der Waals surface area contributed by atoms with Crippen LogP contribution >= 0.6 is 0 Å². The topological polar surface area (TPSA) is 79.4 Å². The predicted molar refractivity (Wildman–Crippen MR) is 103 cm³/mol. The van der Waals surface area contributed by atoms with Crippen LogP contribution in [-0.2, 0) is 17.7 Å². The highest BCUT2D eigenvalue weighted by atomic mass is 19.1. The second-order valence-corrected chi connectivity index (χ2v) is 7.23. The van der Waals surface area contributed by atoms with Gasteiger partial charge in [0.2, 0.25) is 0 Å². The average molecular weight is 385 g/mol. The number of amides is 1. The number of anilines is 1. The molecule has 1 amide bonds. The Kier molecular flexibility index (Phi) is 5.78. The molecule has 2 N–H and O–H groups in total. The SMILES string of the molecule is O=C(NCC(F)CN1CCc2ccccc2C1)c1cc(NC2COC2)ncn1. The number of benzene rings is 1. The molecular weight excluding hydrogens is 361 g/mol. The van der Waals surface area contributed by atoms with Crippen molar-refractivity contribution < 1.29 is 13.9 Å². The zero-order chi connectivity index (χ0) is 19.3. The minimum Gasteiger partial charge on any atom is -0.377 e. The van der Waals surface area contributed by atoms with Crippen LogP contribution in [0.2, 0.25) is 0 Å². The Morgan fingerprint density at radius 3 is 2.89 bits per heavy atom. The quantitative estimate of drug-likeness (QED) is 0.750. The first-order chi connectivity index (χ1) is 13.7. The summed E-state index contributed by atoms with van der Waals surface area (Å²) in [4.78, 5) is 22.5. The van der Waals surface area contributed by atoms with Crippen LogP contribution in [0.1, 0.15) is 21.6 Å². The molecule has 3 heterocycles. The van der Waals surface area contributed by atoms with Crippen molar-refractivity contribution in [2.24, 2.45) is 0 Å². The zero-order valence-corrected chi connectivity index (χ0v) is 15.6. The first kappa shape index (κ1) is 18.8. The Hall–Kier alpha value is -2.58. The van der Waals surface area contributed by atoms with Gasteiger partial charge in [0, 0.05) is 25.7 Å². The third-order valence-corrected chi connectivity index (χ3v) is 5.04. The van der Waals surface area contributed by atoms with E-state index in [4.69, 9.17) is 4.74 Å². The Bertz CT molecular complexity index is 830. The number of fused-ring (bicyclic) bond motifs is 1. The van der Waals surface area contributed by atoms with Gasteiger partial charge in [-0.3, -0.25) is 9.69 Å². The summed E-state index contributed by atoms with van der Waals surface area (Å²) in [5.41, 5.74) is 2.81. The molecule has 1 unspecified atom stereocenters. The van der Waals surface area contributed by atoms with E-state index in [2.05, 4.69) is 37.6 Å². The monoisotopic (exact) mass is 385 g/mol. The number of rotatable bonds is 7. The lowest BCUT2D eigenvalue weighted by atomic mass is 10.00. The van der Waals surface area contributed by atoms with Gasteiger partial charge >= 0.3 is 0 Å². The number of ether oxygens (including phenoxy) is 1. The van der Waals surface area contributed by atoms with Crippen LogP contribution in [0.3, 0.4) is 0 Å². The number of alkyl halides is 1. The van der Waals surface area contributed by atoms with Crippen LogP contribution in [0.15, 0.2) is 36.7 Å². The van der Waals surface area contributed by atoms with Crippen LogP contribution in [0.5, 0.6) is 0 Å². The van der Waals surface area contributed by atoms with E-state index >= 15 is 0 Å². The fraction of sp³-hybridized carbons (Fsp3) is 0.450. The number of nitrogens with one attached hydrogen (secondary N) is 2. The number of nitrogens with zero attached hydrogens (tertiary/aromatic N) is 3. The largest absolute Gasteiger partial charge is 0.377 e. The molecule has 8 heteroatoms. The van der Waals surface area contributed by atoms with E-state index in [0.29, 0.717) is 25.6 Å². The molecule has 0 radical (unpaired) electrons. The second kappa shape index (κ2) is 8.62. The lowest BCUT2D eigenvalue weighted by Crippen LogP contribution is -2.41. The molecule has 7 nitrogen and oxygen atoms in total. The number of halogens is 1. The second-order valence-electron chi connectivity index (χ2n) is 7.23. The van der Waals surface area contributed by atoms with Crippen molar-refractivity contribution in [3.63, 3.8) is 0 Å². The fourth-order valence-electron chi connectivity index (χ4n) is 3.44. The van der Waals surface area contributed by atoms with Gasteiger partial charge in [-0.05, 0) is 17.5 Å². The van der Waals surface area contributed by atoms with Crippen LogP contribution < -0.4 is 10.6 Å². The van der Waals surface area contributed by atoms with E-state index in [1.165, 1.54) is 17.5 Å². The van der Waals surface area contributed by atoms with Gasteiger partial charge in [0.25, 0.3) is 5.91 Å². The predicted octanol–water partition coefficient (Wildman–Crippen LogP) is 1.41. The average Bonchev–Trinajstić information content (AvgIpc) is 2.69. The van der Waals surface area contributed by atoms with Gasteiger partial charge in [-0.25, -0.2) is 14.4 Å². The summed E-state index contributed by atoms with van der Waals surface area (Å²) in [5.74, 6) is 0.166. The molecule has 2 aliphatic heterocycles. The van der Waals surface area contributed by atoms with Crippen LogP contribution in [0, 0.1) is 0 Å². The molecule has 1 aromatic heterocycles. The molecule has 2 aromatic rings. The molecule has 0 aliphatic carbocycles. The molecule has 4 rings (SSSR count). The zero-order valence-electron chi connectivity index (χ0n) is 15.6. The summed E-state index contributed by atoms with van der Waals surface area (Å²) in [6.07, 6.45) is 1.12. The van der Waals surface area contributed by atoms with Crippen molar-refractivity contribution in [3.8, 4) is 0 Å². The number of hydrogen-bond donors (Lipinski definition) is 2. The Balaban J connectivity index is 1.25. The number of carbonyl (C=O) groups is 1. The number of hydrogen-bond acceptors (Lipinski definition) is 6. The van der Waals surface area contributed by atoms with Crippen LogP contribution in [-0.4, -0.2) is 65.8 Å². The number of aromatic nitrogens is 2. The van der Waals surface area contributed by atoms with Crippen molar-refractivity contribution in [2.45, 2.75) is 25.2 Å². The molecule has 1 saturated heterocycles. The van der Waals surface area contributed by atoms with E-state index in [1.54, 1.807) is 6.07 Å². The van der Waals surface area contributed by atoms with Crippen molar-refractivity contribution in [1.82, 2.24) is 20.2 Å². The van der Waals surface area contributed by atoms with Gasteiger partial charge in [0.1, 0.15) is 24.0 Å². The van der Waals surface area contributed by atoms with Gasteiger partial charge < -0.3 is 15.4 Å². The summed E-state index contributed by atoms with van der Waals surface area (Å²) >= 11 is 0. The highest BCUT2D eigenvalue weighted by Crippen LogP contribution is 2.18. The van der Waals surface area contributed by atoms with Crippen LogP contribution in [0.25, 0.3) is 0 Å². The first-order valence-corrected chi connectivity index (χ1v) is 9.55. The standard InChI is InChI=1S/C20H24FN5O2/c21-16(10-26-6-5-14-3-1-2-4-15(14)9-26)8-22-20(27)18-7-19(24-13-23-18)25-17-11-28-12-17/h1-4,7,13,16-17H,5-6,8-12H2,(H,22,27)(H,23,24,25). The molecular formula is C20H24FN5O2. The fourth-order valence-corrected chi connectivity index (χ4v) is 3.44. The molecule has 0 spiro atoms. The summed E-state index contributed by atoms with van der Waals surface area (Å²) < 4.78 is 19.5. The molecule has 28 heavy (non-hydrogen) atoms. The normalized spacial score (nSPS) is 18.0. The van der Waals surface area contributed by atoms with Gasteiger partial charge in [-0.15, -0.1) is 0 Å². The molecule has 148 valence electrons. The van der Waals surface area contributed by atoms with Gasteiger partial charge in [-0.2, -0.15) is 0 Å². The van der Waals surface area contributed by atoms with Gasteiger partial charge in [-0.1, -0.05) is 24.3 Å². The third kappa shape index (κ3) is 4.63. The maximum absolute atomic E-state index is 14.4. The molecule has 1 aromatic carbocycles. The van der Waals surface area contributed by atoms with E-state index < -0.39 is 12.1 Å². The van der Waals surface area contributed by atoms with Crippen molar-refractivity contribution in [1.29, 1.82) is 0 Å². The molecule has 1 fully saturated rings. The molecule has 0 saturated carbocycles. The minimum atomic E-state index is -1.14. The van der Waals surface area contributed by atoms with Crippen molar-refractivity contribution >= 4 is 11.7 Å². The minimum absolute atomic E-state index is 0.0415. The summed E-state index contributed by atoms with van der Waals surface area (Å²) in [5, 5.41) is 5.80. The van der Waals surface area contributed by atoms with Crippen molar-refractivity contribution in [2.75, 3.05) is 38.2 Å². The summed E-state index contributed by atoms with van der Waals surface area (Å²) in [6.45, 7) is 3.08. The molecule has 1 atom stereocenters. The lowest BCUT2D eigenvalue weighted by molar-refractivity contribution is 0.0209. The number of carbonyl (C=O) groups excluding carboxylic acids is 1. The third-order valence-electron chi connectivity index (χ3n) is 5.04. The smallest absolute Gasteiger partial charge is 0.270 e. The van der Waals surface area contributed by atoms with E-state index in [1.807, 2.05) is 12.1 Å². The van der Waals surface area contributed by atoms with E-state index in [0.717, 1.165) is 19.5 Å². The highest BCUT2D eigenvalue weighted by molar-refractivity contribution is 5.92. The Morgan fingerprint density at radius 2 is 2.11 bits per heavy atom. The van der Waals surface area contributed by atoms with Crippen LogP contribution in [0.4, 0.5) is 10.2 Å². The maximum atomic E-state index is 14.4. The lowest BCUT2D eigenvalue weighted by Gasteiger charge is -2.29. The van der Waals surface area contributed by atoms with Gasteiger partial charge in [0.15, 0.2) is 0 Å². The summed E-state index contributed by atoms with van der Waals surface area (Å²) in [6, 6.07) is 10.0. The highest BCUT2D eigenvalue weighted by Gasteiger charge is 2.21. The van der Waals surface area contributed by atoms with E-state index in [9.17, 15) is 9.18 Å². The first-order valence-electron chi connectivity index (χ1n) is 9.55. The Labute approximate surface area is 163 Å². The summed E-state index contributed by atoms with van der Waals surface area (Å²) in [7, 11) is 0. The maximum Gasteiger partial charge on any atom is 0.270 e. The van der Waals surface area contributed by atoms with Gasteiger partial charge in [0.05, 0.1) is 25.8 Å². The Morgan fingerprint density at radius 1 is 1.29 bits per heavy atom. The molecule has 0 bridgehead atoms. The van der Waals surface area contributed by atoms with E-state index in [-0.39, 0.29) is 18.3 Å². The molecule has 2 aliphatic rings.